The molecule has 0 aromatic rings. The van der Waals surface area contributed by atoms with E-state index in [1.165, 1.54) is 0 Å². The Hall–Kier alpha value is -2.34. The number of carbonyl (C=O) groups excluding carboxylic acids is 3. The van der Waals surface area contributed by atoms with Crippen molar-refractivity contribution in [2.45, 2.75) is 64.7 Å². The topological polar surface area (TPSA) is 188 Å². The van der Waals surface area contributed by atoms with Gasteiger partial charge in [-0.15, -0.1) is 0 Å². The molecule has 0 radical (unpaired) electrons. The number of hydrogen-bond donors (Lipinski definition) is 7. The fourth-order valence-corrected chi connectivity index (χ4v) is 2.66. The van der Waals surface area contributed by atoms with Crippen molar-refractivity contribution in [1.82, 2.24) is 16.0 Å². The molecule has 5 unspecified atom stereocenters. The summed E-state index contributed by atoms with van der Waals surface area (Å²) in [6.45, 7) is 6.91. The van der Waals surface area contributed by atoms with Crippen molar-refractivity contribution in [2.75, 3.05) is 5.75 Å². The van der Waals surface area contributed by atoms with Crippen LogP contribution >= 0.6 is 12.6 Å². The molecule has 0 saturated carbocycles. The molecular weight excluding hydrogens is 416 g/mol. The van der Waals surface area contributed by atoms with Gasteiger partial charge < -0.3 is 31.9 Å². The summed E-state index contributed by atoms with van der Waals surface area (Å²) in [7, 11) is 0. The van der Waals surface area contributed by atoms with E-state index in [9.17, 15) is 24.0 Å². The molecule has 0 aliphatic rings. The zero-order valence-electron chi connectivity index (χ0n) is 17.5. The SMILES string of the molecule is CCC(C)C(N)C(=O)NC(CS)C(=O)NC(C(=O)NC(CC(=O)O)C(=O)O)C(C)C. The van der Waals surface area contributed by atoms with Gasteiger partial charge in [0.15, 0.2) is 0 Å². The number of aliphatic carboxylic acids is 2. The molecule has 0 bridgehead atoms. The van der Waals surface area contributed by atoms with Gasteiger partial charge in [-0.2, -0.15) is 12.6 Å². The summed E-state index contributed by atoms with van der Waals surface area (Å²) in [4.78, 5) is 59.3. The third-order valence-electron chi connectivity index (χ3n) is 4.62. The minimum atomic E-state index is -1.65. The Labute approximate surface area is 180 Å². The number of nitrogens with one attached hydrogen (secondary N) is 3. The number of nitrogens with two attached hydrogens (primary N) is 1. The van der Waals surface area contributed by atoms with Crippen molar-refractivity contribution < 1.29 is 34.2 Å². The molecule has 7 N–H and O–H groups in total. The zero-order chi connectivity index (χ0) is 23.6. The maximum atomic E-state index is 12.6. The Morgan fingerprint density at radius 3 is 1.83 bits per heavy atom. The molecule has 30 heavy (non-hydrogen) atoms. The average molecular weight is 449 g/mol. The monoisotopic (exact) mass is 448 g/mol. The van der Waals surface area contributed by atoms with Crippen LogP contribution in [0.25, 0.3) is 0 Å². The number of amides is 3. The zero-order valence-corrected chi connectivity index (χ0v) is 18.4. The molecule has 5 atom stereocenters. The Balaban J connectivity index is 5.23. The molecule has 11 nitrogen and oxygen atoms in total. The van der Waals surface area contributed by atoms with Crippen LogP contribution in [0.5, 0.6) is 0 Å². The summed E-state index contributed by atoms with van der Waals surface area (Å²) < 4.78 is 0. The molecule has 0 spiro atoms. The Morgan fingerprint density at radius 1 is 0.900 bits per heavy atom. The van der Waals surface area contributed by atoms with Crippen molar-refractivity contribution >= 4 is 42.3 Å². The van der Waals surface area contributed by atoms with Gasteiger partial charge in [0.2, 0.25) is 17.7 Å². The predicted molar refractivity (Wildman–Crippen MR) is 112 cm³/mol. The van der Waals surface area contributed by atoms with Gasteiger partial charge in [0.25, 0.3) is 0 Å². The first-order valence-corrected chi connectivity index (χ1v) is 10.2. The number of carboxylic acids is 2. The highest BCUT2D eigenvalue weighted by atomic mass is 32.1. The second-order valence-corrected chi connectivity index (χ2v) is 7.75. The largest absolute Gasteiger partial charge is 0.481 e. The number of hydrogen-bond acceptors (Lipinski definition) is 7. The van der Waals surface area contributed by atoms with Crippen LogP contribution in [-0.4, -0.2) is 69.8 Å². The van der Waals surface area contributed by atoms with Gasteiger partial charge in [-0.3, -0.25) is 19.2 Å². The molecule has 12 heteroatoms. The van der Waals surface area contributed by atoms with Crippen LogP contribution in [-0.2, 0) is 24.0 Å². The molecule has 3 amide bonds. The van der Waals surface area contributed by atoms with Crippen molar-refractivity contribution in [3.8, 4) is 0 Å². The second-order valence-electron chi connectivity index (χ2n) is 7.38. The Bertz CT molecular complexity index is 644. The summed E-state index contributed by atoms with van der Waals surface area (Å²) in [6.07, 6.45) is -0.147. The lowest BCUT2D eigenvalue weighted by Gasteiger charge is -2.27. The summed E-state index contributed by atoms with van der Waals surface area (Å²) in [5.41, 5.74) is 5.86. The molecule has 0 fully saturated rings. The lowest BCUT2D eigenvalue weighted by Crippen LogP contribution is -2.59. The Kier molecular flexibility index (Phi) is 12.0. The molecule has 0 aromatic carbocycles. The van der Waals surface area contributed by atoms with Crippen molar-refractivity contribution in [3.05, 3.63) is 0 Å². The molecule has 0 aliphatic carbocycles. The molecule has 0 saturated heterocycles. The van der Waals surface area contributed by atoms with Crippen LogP contribution in [0.1, 0.15) is 40.5 Å². The maximum Gasteiger partial charge on any atom is 0.326 e. The van der Waals surface area contributed by atoms with E-state index in [1.54, 1.807) is 20.8 Å². The summed E-state index contributed by atoms with van der Waals surface area (Å²) in [5, 5.41) is 24.9. The molecule has 0 aliphatic heterocycles. The quantitative estimate of drug-likeness (QED) is 0.174. The highest BCUT2D eigenvalue weighted by Crippen LogP contribution is 2.07. The first kappa shape index (κ1) is 27.7. The van der Waals surface area contributed by atoms with Crippen molar-refractivity contribution in [3.63, 3.8) is 0 Å². The van der Waals surface area contributed by atoms with E-state index in [4.69, 9.17) is 15.9 Å². The smallest absolute Gasteiger partial charge is 0.326 e. The van der Waals surface area contributed by atoms with Gasteiger partial charge in [0, 0.05) is 5.75 Å². The molecular formula is C18H32N4O7S. The fraction of sp³-hybridized carbons (Fsp3) is 0.722. The van der Waals surface area contributed by atoms with Gasteiger partial charge in [-0.05, 0) is 11.8 Å². The van der Waals surface area contributed by atoms with Crippen LogP contribution in [0.15, 0.2) is 0 Å². The predicted octanol–water partition coefficient (Wildman–Crippen LogP) is -1.04. The van der Waals surface area contributed by atoms with E-state index in [0.29, 0.717) is 6.42 Å². The molecule has 0 rings (SSSR count). The van der Waals surface area contributed by atoms with Gasteiger partial charge in [-0.25, -0.2) is 4.79 Å². The minimum absolute atomic E-state index is 0.0615. The van der Waals surface area contributed by atoms with E-state index in [1.807, 2.05) is 6.92 Å². The van der Waals surface area contributed by atoms with Gasteiger partial charge in [-0.1, -0.05) is 34.1 Å². The lowest BCUT2D eigenvalue weighted by atomic mass is 9.99. The van der Waals surface area contributed by atoms with E-state index in [2.05, 4.69) is 28.6 Å². The van der Waals surface area contributed by atoms with Gasteiger partial charge >= 0.3 is 11.9 Å². The first-order valence-electron chi connectivity index (χ1n) is 9.57. The third-order valence-corrected chi connectivity index (χ3v) is 4.98. The van der Waals surface area contributed by atoms with Gasteiger partial charge in [0.1, 0.15) is 18.1 Å². The van der Waals surface area contributed by atoms with E-state index < -0.39 is 66.2 Å². The first-order chi connectivity index (χ1) is 13.8. The maximum absolute atomic E-state index is 12.6. The van der Waals surface area contributed by atoms with Crippen LogP contribution in [0.3, 0.4) is 0 Å². The van der Waals surface area contributed by atoms with Crippen molar-refractivity contribution in [2.24, 2.45) is 17.6 Å². The highest BCUT2D eigenvalue weighted by molar-refractivity contribution is 7.80. The van der Waals surface area contributed by atoms with Crippen LogP contribution in [0.2, 0.25) is 0 Å². The van der Waals surface area contributed by atoms with Crippen LogP contribution in [0, 0.1) is 11.8 Å². The van der Waals surface area contributed by atoms with Gasteiger partial charge in [0.05, 0.1) is 12.5 Å². The van der Waals surface area contributed by atoms with Crippen LogP contribution < -0.4 is 21.7 Å². The summed E-state index contributed by atoms with van der Waals surface area (Å²) in [6, 6.07) is -4.70. The normalized spacial score (nSPS) is 16.0. The summed E-state index contributed by atoms with van der Waals surface area (Å²) in [5.74, 6) is -5.62. The van der Waals surface area contributed by atoms with E-state index in [-0.39, 0.29) is 11.7 Å². The van der Waals surface area contributed by atoms with E-state index in [0.717, 1.165) is 0 Å². The molecule has 0 aromatic heterocycles. The van der Waals surface area contributed by atoms with Crippen molar-refractivity contribution in [1.29, 1.82) is 0 Å². The van der Waals surface area contributed by atoms with E-state index >= 15 is 0 Å². The Morgan fingerprint density at radius 2 is 1.43 bits per heavy atom. The minimum Gasteiger partial charge on any atom is -0.481 e. The lowest BCUT2D eigenvalue weighted by molar-refractivity contribution is -0.147. The molecule has 0 heterocycles. The fourth-order valence-electron chi connectivity index (χ4n) is 2.40. The number of rotatable bonds is 13. The van der Waals surface area contributed by atoms with Crippen LogP contribution in [0.4, 0.5) is 0 Å². The highest BCUT2D eigenvalue weighted by Gasteiger charge is 2.32. The second kappa shape index (κ2) is 13.1. The average Bonchev–Trinajstić information content (AvgIpc) is 2.66. The molecule has 172 valence electrons. The number of carboxylic acid groups (broad SMARTS) is 2. The summed E-state index contributed by atoms with van der Waals surface area (Å²) >= 11 is 4.06. The number of thiol groups is 1. The third kappa shape index (κ3) is 8.99. The standard InChI is InChI=1S/C18H32N4O7S/c1-5-9(4)13(19)16(26)21-11(7-30)15(25)22-14(8(2)3)17(27)20-10(18(28)29)6-12(23)24/h8-11,13-14,30H,5-7,19H2,1-4H3,(H,20,27)(H,21,26)(H,22,25)(H,23,24)(H,28,29). The number of carbonyl (C=O) groups is 5.